The number of benzene rings is 1. The molecule has 1 atom stereocenters. The summed E-state index contributed by atoms with van der Waals surface area (Å²) in [7, 11) is 0. The summed E-state index contributed by atoms with van der Waals surface area (Å²) in [6, 6.07) is 9.54. The molecular weight excluding hydrogens is 396 g/mol. The van der Waals surface area contributed by atoms with Gasteiger partial charge in [0.1, 0.15) is 11.1 Å². The van der Waals surface area contributed by atoms with E-state index in [1.54, 1.807) is 23.5 Å². The zero-order chi connectivity index (χ0) is 18.2. The van der Waals surface area contributed by atoms with E-state index in [4.69, 9.17) is 0 Å². The summed E-state index contributed by atoms with van der Waals surface area (Å²) in [4.78, 5) is 13.8. The topological polar surface area (TPSA) is 52.9 Å². The Balaban J connectivity index is 1.86. The molecule has 1 amide bonds. The average molecular weight is 417 g/mol. The standard InChI is InChI=1S/C20H21BrN2OS/c1-20(2,3)13-6-9-15-16(11-22)19(25-17(15)10-13)23-18(24)12-4-7-14(21)8-5-12/h4-5,7-8,13H,6,9-10H2,1-3H3,(H,23,24). The number of fused-ring (bicyclic) bond motifs is 1. The van der Waals surface area contributed by atoms with E-state index in [0.717, 1.165) is 29.3 Å². The highest BCUT2D eigenvalue weighted by molar-refractivity contribution is 9.10. The Morgan fingerprint density at radius 2 is 2.00 bits per heavy atom. The number of halogens is 1. The largest absolute Gasteiger partial charge is 0.312 e. The van der Waals surface area contributed by atoms with Gasteiger partial charge in [0.25, 0.3) is 5.91 Å². The zero-order valence-corrected chi connectivity index (χ0v) is 17.1. The third kappa shape index (κ3) is 3.80. The van der Waals surface area contributed by atoms with Crippen LogP contribution in [-0.4, -0.2) is 5.91 Å². The number of amides is 1. The van der Waals surface area contributed by atoms with Gasteiger partial charge in [0.2, 0.25) is 0 Å². The fourth-order valence-electron chi connectivity index (χ4n) is 3.31. The molecule has 0 saturated heterocycles. The van der Waals surface area contributed by atoms with Gasteiger partial charge in [0.05, 0.1) is 5.56 Å². The van der Waals surface area contributed by atoms with Gasteiger partial charge in [-0.05, 0) is 60.4 Å². The molecule has 0 aliphatic heterocycles. The van der Waals surface area contributed by atoms with Crippen molar-refractivity contribution < 1.29 is 4.79 Å². The number of nitrogens with one attached hydrogen (secondary N) is 1. The number of hydrogen-bond donors (Lipinski definition) is 1. The van der Waals surface area contributed by atoms with E-state index >= 15 is 0 Å². The average Bonchev–Trinajstić information content (AvgIpc) is 2.90. The quantitative estimate of drug-likeness (QED) is 0.673. The number of carbonyl (C=O) groups is 1. The van der Waals surface area contributed by atoms with Crippen LogP contribution in [0.1, 0.15) is 53.6 Å². The summed E-state index contributed by atoms with van der Waals surface area (Å²) in [6.07, 6.45) is 3.01. The highest BCUT2D eigenvalue weighted by atomic mass is 79.9. The normalized spacial score (nSPS) is 16.8. The molecule has 1 unspecified atom stereocenters. The molecule has 1 aliphatic carbocycles. The molecule has 3 nitrogen and oxygen atoms in total. The van der Waals surface area contributed by atoms with Crippen molar-refractivity contribution in [3.63, 3.8) is 0 Å². The molecule has 1 aliphatic rings. The summed E-state index contributed by atoms with van der Waals surface area (Å²) in [5.74, 6) is 0.440. The van der Waals surface area contributed by atoms with E-state index in [1.165, 1.54) is 4.88 Å². The minimum atomic E-state index is -0.171. The SMILES string of the molecule is CC(C)(C)C1CCc2c(sc(NC(=O)c3ccc(Br)cc3)c2C#N)C1. The van der Waals surface area contributed by atoms with Crippen LogP contribution < -0.4 is 5.32 Å². The van der Waals surface area contributed by atoms with Crippen molar-refractivity contribution in [1.29, 1.82) is 5.26 Å². The molecule has 3 rings (SSSR count). The number of nitriles is 1. The van der Waals surface area contributed by atoms with Crippen LogP contribution in [-0.2, 0) is 12.8 Å². The molecule has 0 radical (unpaired) electrons. The second kappa shape index (κ2) is 6.93. The predicted octanol–water partition coefficient (Wildman–Crippen LogP) is 5.79. The van der Waals surface area contributed by atoms with Gasteiger partial charge in [-0.3, -0.25) is 4.79 Å². The lowest BCUT2D eigenvalue weighted by Crippen LogP contribution is -2.26. The molecule has 0 fully saturated rings. The number of thiophene rings is 1. The van der Waals surface area contributed by atoms with Crippen molar-refractivity contribution >= 4 is 38.2 Å². The molecule has 2 aromatic rings. The molecule has 5 heteroatoms. The van der Waals surface area contributed by atoms with E-state index in [1.807, 2.05) is 12.1 Å². The minimum absolute atomic E-state index is 0.171. The summed E-state index contributed by atoms with van der Waals surface area (Å²) in [5, 5.41) is 13.2. The maximum absolute atomic E-state index is 12.5. The third-order valence-electron chi connectivity index (χ3n) is 4.94. The molecule has 0 bridgehead atoms. The maximum Gasteiger partial charge on any atom is 0.256 e. The molecule has 0 spiro atoms. The van der Waals surface area contributed by atoms with E-state index in [9.17, 15) is 10.1 Å². The second-order valence-corrected chi connectivity index (χ2v) is 9.61. The van der Waals surface area contributed by atoms with Crippen LogP contribution in [0.2, 0.25) is 0 Å². The van der Waals surface area contributed by atoms with Gasteiger partial charge in [-0.2, -0.15) is 5.26 Å². The molecule has 1 aromatic heterocycles. The molecule has 1 N–H and O–H groups in total. The van der Waals surface area contributed by atoms with E-state index in [2.05, 4.69) is 48.1 Å². The van der Waals surface area contributed by atoms with Crippen LogP contribution in [0.4, 0.5) is 5.00 Å². The minimum Gasteiger partial charge on any atom is -0.312 e. The van der Waals surface area contributed by atoms with Crippen molar-refractivity contribution in [3.05, 3.63) is 50.3 Å². The van der Waals surface area contributed by atoms with Gasteiger partial charge in [0, 0.05) is 14.9 Å². The van der Waals surface area contributed by atoms with Gasteiger partial charge >= 0.3 is 0 Å². The number of nitrogens with zero attached hydrogens (tertiary/aromatic N) is 1. The Morgan fingerprint density at radius 1 is 1.32 bits per heavy atom. The van der Waals surface area contributed by atoms with E-state index in [0.29, 0.717) is 22.0 Å². The molecule has 1 heterocycles. The number of carbonyl (C=O) groups excluding carboxylic acids is 1. The highest BCUT2D eigenvalue weighted by Crippen LogP contribution is 2.44. The first-order chi connectivity index (χ1) is 11.8. The number of rotatable bonds is 2. The third-order valence-corrected chi connectivity index (χ3v) is 6.63. The van der Waals surface area contributed by atoms with Crippen LogP contribution in [0.3, 0.4) is 0 Å². The van der Waals surface area contributed by atoms with Crippen LogP contribution in [0.15, 0.2) is 28.7 Å². The van der Waals surface area contributed by atoms with Gasteiger partial charge in [-0.1, -0.05) is 36.7 Å². The fourth-order valence-corrected chi connectivity index (χ4v) is 4.85. The highest BCUT2D eigenvalue weighted by Gasteiger charge is 2.32. The number of hydrogen-bond acceptors (Lipinski definition) is 3. The molecule has 25 heavy (non-hydrogen) atoms. The van der Waals surface area contributed by atoms with Gasteiger partial charge in [-0.15, -0.1) is 11.3 Å². The second-order valence-electron chi connectivity index (χ2n) is 7.59. The Kier molecular flexibility index (Phi) is 5.04. The lowest BCUT2D eigenvalue weighted by atomic mass is 9.72. The smallest absolute Gasteiger partial charge is 0.256 e. The predicted molar refractivity (Wildman–Crippen MR) is 106 cm³/mol. The fraction of sp³-hybridized carbons (Fsp3) is 0.400. The Bertz CT molecular complexity index is 840. The summed E-state index contributed by atoms with van der Waals surface area (Å²) >= 11 is 4.94. The lowest BCUT2D eigenvalue weighted by Gasteiger charge is -2.33. The Morgan fingerprint density at radius 3 is 2.60 bits per heavy atom. The number of anilines is 1. The molecular formula is C20H21BrN2OS. The molecule has 0 saturated carbocycles. The van der Waals surface area contributed by atoms with Crippen molar-refractivity contribution in [1.82, 2.24) is 0 Å². The van der Waals surface area contributed by atoms with Crippen molar-refractivity contribution in [2.24, 2.45) is 11.3 Å². The molecule has 130 valence electrons. The van der Waals surface area contributed by atoms with Crippen molar-refractivity contribution in [2.75, 3.05) is 5.32 Å². The van der Waals surface area contributed by atoms with Crippen LogP contribution in [0.25, 0.3) is 0 Å². The van der Waals surface area contributed by atoms with Gasteiger partial charge < -0.3 is 5.32 Å². The summed E-state index contributed by atoms with van der Waals surface area (Å²) < 4.78 is 0.932. The first kappa shape index (κ1) is 18.2. The van der Waals surface area contributed by atoms with Gasteiger partial charge in [0.15, 0.2) is 0 Å². The Labute approximate surface area is 161 Å². The molecule has 1 aromatic carbocycles. The maximum atomic E-state index is 12.5. The first-order valence-electron chi connectivity index (χ1n) is 8.41. The van der Waals surface area contributed by atoms with Crippen LogP contribution >= 0.6 is 27.3 Å². The van der Waals surface area contributed by atoms with Crippen molar-refractivity contribution in [2.45, 2.75) is 40.0 Å². The van der Waals surface area contributed by atoms with Crippen LogP contribution in [0.5, 0.6) is 0 Å². The van der Waals surface area contributed by atoms with E-state index < -0.39 is 0 Å². The van der Waals surface area contributed by atoms with Gasteiger partial charge in [-0.25, -0.2) is 0 Å². The van der Waals surface area contributed by atoms with Crippen LogP contribution in [0, 0.1) is 22.7 Å². The first-order valence-corrected chi connectivity index (χ1v) is 10.0. The monoisotopic (exact) mass is 416 g/mol. The van der Waals surface area contributed by atoms with E-state index in [-0.39, 0.29) is 11.3 Å². The van der Waals surface area contributed by atoms with Crippen molar-refractivity contribution in [3.8, 4) is 6.07 Å². The zero-order valence-electron chi connectivity index (χ0n) is 14.6. The summed E-state index contributed by atoms with van der Waals surface area (Å²) in [5.41, 5.74) is 2.64. The lowest BCUT2D eigenvalue weighted by molar-refractivity contribution is 0.102. The summed E-state index contributed by atoms with van der Waals surface area (Å²) in [6.45, 7) is 6.83. The Hall–Kier alpha value is -1.64.